The van der Waals surface area contributed by atoms with Gasteiger partial charge in [0.05, 0.1) is 12.2 Å². The van der Waals surface area contributed by atoms with E-state index in [2.05, 4.69) is 5.32 Å². The van der Waals surface area contributed by atoms with Crippen LogP contribution >= 0.6 is 0 Å². The number of aldehydes is 1. The Hall–Kier alpha value is -1.56. The SMILES string of the molecule is O=C[C@H]1Nc2ccc(C(F)(F)F)cc2CO1. The smallest absolute Gasteiger partial charge is 0.354 e. The third-order valence-corrected chi connectivity index (χ3v) is 2.27. The molecule has 1 aromatic rings. The molecule has 0 amide bonds. The molecule has 0 aliphatic carbocycles. The second kappa shape index (κ2) is 3.79. The molecule has 1 aliphatic rings. The summed E-state index contributed by atoms with van der Waals surface area (Å²) in [5.41, 5.74) is 0.172. The van der Waals surface area contributed by atoms with Crippen LogP contribution in [-0.2, 0) is 22.3 Å². The minimum absolute atomic E-state index is 0.00431. The number of carbonyl (C=O) groups is 1. The Kier molecular flexibility index (Phi) is 2.59. The van der Waals surface area contributed by atoms with Gasteiger partial charge < -0.3 is 10.1 Å². The van der Waals surface area contributed by atoms with Crippen LogP contribution in [0.1, 0.15) is 11.1 Å². The van der Waals surface area contributed by atoms with Crippen LogP contribution in [0.5, 0.6) is 0 Å². The van der Waals surface area contributed by atoms with E-state index in [0.29, 0.717) is 17.5 Å². The lowest BCUT2D eigenvalue weighted by molar-refractivity contribution is -0.137. The Morgan fingerprint density at radius 1 is 1.44 bits per heavy atom. The molecule has 3 nitrogen and oxygen atoms in total. The molecule has 1 atom stereocenters. The van der Waals surface area contributed by atoms with Crippen LogP contribution in [0.4, 0.5) is 18.9 Å². The number of ether oxygens (including phenoxy) is 1. The largest absolute Gasteiger partial charge is 0.416 e. The number of carbonyl (C=O) groups excluding carboxylic acids is 1. The van der Waals surface area contributed by atoms with Gasteiger partial charge in [0.2, 0.25) is 0 Å². The van der Waals surface area contributed by atoms with E-state index >= 15 is 0 Å². The fraction of sp³-hybridized carbons (Fsp3) is 0.300. The van der Waals surface area contributed by atoms with E-state index in [-0.39, 0.29) is 6.61 Å². The monoisotopic (exact) mass is 231 g/mol. The maximum atomic E-state index is 12.4. The van der Waals surface area contributed by atoms with Crippen LogP contribution in [0.2, 0.25) is 0 Å². The first kappa shape index (κ1) is 10.9. The Morgan fingerprint density at radius 2 is 2.19 bits per heavy atom. The highest BCUT2D eigenvalue weighted by molar-refractivity contribution is 5.65. The molecule has 0 aromatic heterocycles. The van der Waals surface area contributed by atoms with Crippen molar-refractivity contribution in [2.45, 2.75) is 19.0 Å². The molecule has 1 aliphatic heterocycles. The molecular weight excluding hydrogens is 223 g/mol. The molecule has 6 heteroatoms. The van der Waals surface area contributed by atoms with Gasteiger partial charge in [0.15, 0.2) is 12.5 Å². The number of rotatable bonds is 1. The van der Waals surface area contributed by atoms with Crippen LogP contribution in [0.25, 0.3) is 0 Å². The number of benzene rings is 1. The van der Waals surface area contributed by atoms with E-state index in [1.807, 2.05) is 0 Å². The van der Waals surface area contributed by atoms with E-state index in [1.165, 1.54) is 6.07 Å². The summed E-state index contributed by atoms with van der Waals surface area (Å²) in [5.74, 6) is 0. The average Bonchev–Trinajstić information content (AvgIpc) is 2.26. The van der Waals surface area contributed by atoms with Crippen LogP contribution in [0, 0.1) is 0 Å². The lowest BCUT2D eigenvalue weighted by atomic mass is 10.1. The fourth-order valence-electron chi connectivity index (χ4n) is 1.48. The number of halogens is 3. The number of fused-ring (bicyclic) bond motifs is 1. The maximum Gasteiger partial charge on any atom is 0.416 e. The van der Waals surface area contributed by atoms with E-state index < -0.39 is 18.0 Å². The summed E-state index contributed by atoms with van der Waals surface area (Å²) in [5, 5.41) is 2.67. The lowest BCUT2D eigenvalue weighted by Crippen LogP contribution is -2.29. The van der Waals surface area contributed by atoms with E-state index in [1.54, 1.807) is 0 Å². The summed E-state index contributed by atoms with van der Waals surface area (Å²) in [6.07, 6.45) is -4.60. The molecular formula is C10H8F3NO2. The van der Waals surface area contributed by atoms with Crippen molar-refractivity contribution < 1.29 is 22.7 Å². The van der Waals surface area contributed by atoms with Crippen molar-refractivity contribution in [1.29, 1.82) is 0 Å². The van der Waals surface area contributed by atoms with Gasteiger partial charge in [0, 0.05) is 11.3 Å². The predicted octanol–water partition coefficient (Wildman–Crippen LogP) is 2.17. The summed E-state index contributed by atoms with van der Waals surface area (Å²) in [7, 11) is 0. The second-order valence-electron chi connectivity index (χ2n) is 3.38. The Balaban J connectivity index is 2.31. The van der Waals surface area contributed by atoms with Crippen molar-refractivity contribution in [3.8, 4) is 0 Å². The fourth-order valence-corrected chi connectivity index (χ4v) is 1.48. The van der Waals surface area contributed by atoms with Gasteiger partial charge >= 0.3 is 6.18 Å². The van der Waals surface area contributed by atoms with Crippen LogP contribution in [0.15, 0.2) is 18.2 Å². The van der Waals surface area contributed by atoms with Gasteiger partial charge in [-0.1, -0.05) is 0 Å². The topological polar surface area (TPSA) is 38.3 Å². The van der Waals surface area contributed by atoms with E-state index in [0.717, 1.165) is 12.1 Å². The first-order chi connectivity index (χ1) is 7.50. The number of hydrogen-bond acceptors (Lipinski definition) is 3. The zero-order valence-electron chi connectivity index (χ0n) is 8.04. The van der Waals surface area contributed by atoms with Crippen molar-refractivity contribution in [2.75, 3.05) is 5.32 Å². The van der Waals surface area contributed by atoms with Crippen molar-refractivity contribution in [3.63, 3.8) is 0 Å². The second-order valence-corrected chi connectivity index (χ2v) is 3.38. The van der Waals surface area contributed by atoms with Crippen molar-refractivity contribution >= 4 is 12.0 Å². The highest BCUT2D eigenvalue weighted by atomic mass is 19.4. The summed E-state index contributed by atoms with van der Waals surface area (Å²) < 4.78 is 42.1. The minimum atomic E-state index is -4.36. The van der Waals surface area contributed by atoms with Crippen molar-refractivity contribution in [2.24, 2.45) is 0 Å². The molecule has 0 bridgehead atoms. The maximum absolute atomic E-state index is 12.4. The molecule has 16 heavy (non-hydrogen) atoms. The Labute approximate surface area is 89.2 Å². The number of nitrogens with one attached hydrogen (secondary N) is 1. The molecule has 0 saturated heterocycles. The highest BCUT2D eigenvalue weighted by Crippen LogP contribution is 2.33. The summed E-state index contributed by atoms with van der Waals surface area (Å²) in [6, 6.07) is 3.29. The predicted molar refractivity (Wildman–Crippen MR) is 49.7 cm³/mol. The van der Waals surface area contributed by atoms with Gasteiger partial charge in [0.1, 0.15) is 0 Å². The normalized spacial score (nSPS) is 19.8. The Bertz CT molecular complexity index is 417. The van der Waals surface area contributed by atoms with Gasteiger partial charge in [-0.25, -0.2) is 0 Å². The quantitative estimate of drug-likeness (QED) is 0.753. The molecule has 0 spiro atoms. The number of hydrogen-bond donors (Lipinski definition) is 1. The molecule has 86 valence electrons. The molecule has 2 rings (SSSR count). The molecule has 1 heterocycles. The van der Waals surface area contributed by atoms with Gasteiger partial charge in [-0.2, -0.15) is 13.2 Å². The first-order valence-electron chi connectivity index (χ1n) is 4.54. The Morgan fingerprint density at radius 3 is 2.81 bits per heavy atom. The summed E-state index contributed by atoms with van der Waals surface area (Å²) in [4.78, 5) is 10.4. The molecule has 0 radical (unpaired) electrons. The zero-order chi connectivity index (χ0) is 11.8. The van der Waals surface area contributed by atoms with E-state index in [9.17, 15) is 18.0 Å². The summed E-state index contributed by atoms with van der Waals surface area (Å²) >= 11 is 0. The lowest BCUT2D eigenvalue weighted by Gasteiger charge is -2.24. The third-order valence-electron chi connectivity index (χ3n) is 2.27. The molecule has 0 unspecified atom stereocenters. The number of anilines is 1. The van der Waals surface area contributed by atoms with Crippen molar-refractivity contribution in [1.82, 2.24) is 0 Å². The highest BCUT2D eigenvalue weighted by Gasteiger charge is 2.31. The minimum Gasteiger partial charge on any atom is -0.354 e. The molecule has 1 N–H and O–H groups in total. The van der Waals surface area contributed by atoms with Crippen LogP contribution in [-0.4, -0.2) is 12.5 Å². The van der Waals surface area contributed by atoms with Crippen LogP contribution in [0.3, 0.4) is 0 Å². The van der Waals surface area contributed by atoms with Gasteiger partial charge in [-0.05, 0) is 18.2 Å². The molecule has 0 saturated carbocycles. The summed E-state index contributed by atoms with van der Waals surface area (Å²) in [6.45, 7) is -0.00431. The van der Waals surface area contributed by atoms with Crippen LogP contribution < -0.4 is 5.32 Å². The van der Waals surface area contributed by atoms with Gasteiger partial charge in [0.25, 0.3) is 0 Å². The molecule has 0 fully saturated rings. The third kappa shape index (κ3) is 2.01. The van der Waals surface area contributed by atoms with E-state index in [4.69, 9.17) is 4.74 Å². The standard InChI is InChI=1S/C10H8F3NO2/c11-10(12,13)7-1-2-8-6(3-7)5-16-9(4-15)14-8/h1-4,9,14H,5H2/t9-/m0/s1. The first-order valence-corrected chi connectivity index (χ1v) is 4.54. The van der Waals surface area contributed by atoms with Gasteiger partial charge in [-0.3, -0.25) is 4.79 Å². The van der Waals surface area contributed by atoms with Gasteiger partial charge in [-0.15, -0.1) is 0 Å². The average molecular weight is 231 g/mol. The zero-order valence-corrected chi connectivity index (χ0v) is 8.04. The van der Waals surface area contributed by atoms with Crippen molar-refractivity contribution in [3.05, 3.63) is 29.3 Å². The number of alkyl halides is 3. The molecule has 1 aromatic carbocycles.